The van der Waals surface area contributed by atoms with E-state index in [2.05, 4.69) is 23.5 Å². The number of benzene rings is 1. The van der Waals surface area contributed by atoms with Crippen LogP contribution < -0.4 is 4.72 Å². The molecule has 1 amide bonds. The zero-order chi connectivity index (χ0) is 18.7. The molecule has 0 spiro atoms. The molecule has 2 aliphatic rings. The molecule has 0 aliphatic carbocycles. The largest absolute Gasteiger partial charge is 0.381 e. The topological polar surface area (TPSA) is 82.1 Å². The number of amides is 1. The summed E-state index contributed by atoms with van der Waals surface area (Å²) in [6, 6.07) is 6.95. The second kappa shape index (κ2) is 8.47. The molecule has 0 bridgehead atoms. The van der Waals surface area contributed by atoms with Crippen LogP contribution in [0.3, 0.4) is 0 Å². The van der Waals surface area contributed by atoms with Crippen molar-refractivity contribution in [1.29, 1.82) is 0 Å². The summed E-state index contributed by atoms with van der Waals surface area (Å²) in [6.45, 7) is 8.68. The summed E-state index contributed by atoms with van der Waals surface area (Å²) < 4.78 is 27.5. The van der Waals surface area contributed by atoms with Gasteiger partial charge in [0.1, 0.15) is 0 Å². The Morgan fingerprint density at radius 1 is 1.27 bits per heavy atom. The Morgan fingerprint density at radius 2 is 1.92 bits per heavy atom. The van der Waals surface area contributed by atoms with Crippen molar-refractivity contribution in [1.82, 2.24) is 9.80 Å². The van der Waals surface area contributed by atoms with Gasteiger partial charge in [0, 0.05) is 49.6 Å². The number of hydrogen-bond donors (Lipinski definition) is 2. The van der Waals surface area contributed by atoms with Crippen LogP contribution in [0.5, 0.6) is 0 Å². The van der Waals surface area contributed by atoms with Crippen LogP contribution in [0, 0.1) is 5.92 Å². The monoisotopic (exact) mass is 381 g/mol. The SMILES string of the molecule is CC1CN(CC2CCOC2)CC(C)N1C(=O)c1ccc(NS(=O)O)cc1. The highest BCUT2D eigenvalue weighted by Gasteiger charge is 2.34. The van der Waals surface area contributed by atoms with Gasteiger partial charge in [-0.05, 0) is 50.5 Å². The molecule has 2 heterocycles. The van der Waals surface area contributed by atoms with E-state index < -0.39 is 11.3 Å². The summed E-state index contributed by atoms with van der Waals surface area (Å²) >= 11 is -2.12. The number of nitrogens with zero attached hydrogens (tertiary/aromatic N) is 2. The fourth-order valence-electron chi connectivity index (χ4n) is 4.00. The molecule has 7 nitrogen and oxygen atoms in total. The molecule has 0 aromatic heterocycles. The predicted octanol–water partition coefficient (Wildman–Crippen LogP) is 1.81. The number of piperazine rings is 1. The maximum absolute atomic E-state index is 13.0. The van der Waals surface area contributed by atoms with Gasteiger partial charge in [0.15, 0.2) is 0 Å². The van der Waals surface area contributed by atoms with Crippen LogP contribution in [0.4, 0.5) is 5.69 Å². The van der Waals surface area contributed by atoms with Gasteiger partial charge in [-0.15, -0.1) is 0 Å². The lowest BCUT2D eigenvalue weighted by molar-refractivity contribution is 0.0243. The van der Waals surface area contributed by atoms with Crippen molar-refractivity contribution in [2.45, 2.75) is 32.4 Å². The lowest BCUT2D eigenvalue weighted by Gasteiger charge is -2.45. The van der Waals surface area contributed by atoms with Gasteiger partial charge in [-0.2, -0.15) is 0 Å². The molecule has 4 unspecified atom stereocenters. The van der Waals surface area contributed by atoms with Gasteiger partial charge in [-0.1, -0.05) is 0 Å². The number of rotatable bonds is 5. The average molecular weight is 381 g/mol. The van der Waals surface area contributed by atoms with E-state index in [1.807, 2.05) is 4.90 Å². The van der Waals surface area contributed by atoms with Crippen molar-refractivity contribution in [3.8, 4) is 0 Å². The maximum Gasteiger partial charge on any atom is 0.259 e. The van der Waals surface area contributed by atoms with Crippen LogP contribution in [0.15, 0.2) is 24.3 Å². The zero-order valence-corrected chi connectivity index (χ0v) is 16.1. The number of nitrogens with one attached hydrogen (secondary N) is 1. The first-order valence-corrected chi connectivity index (χ1v) is 10.1. The van der Waals surface area contributed by atoms with Crippen molar-refractivity contribution in [3.05, 3.63) is 29.8 Å². The average Bonchev–Trinajstić information content (AvgIpc) is 3.07. The summed E-state index contributed by atoms with van der Waals surface area (Å²) in [5.41, 5.74) is 1.10. The van der Waals surface area contributed by atoms with E-state index in [0.717, 1.165) is 39.3 Å². The standard InChI is InChI=1S/C18H27N3O4S/c1-13-9-20(11-15-7-8-25-12-15)10-14(2)21(13)18(22)16-3-5-17(6-4-16)19-26(23)24/h3-6,13-15,19H,7-12H2,1-2H3,(H,23,24). The first-order chi connectivity index (χ1) is 12.4. The fraction of sp³-hybridized carbons (Fsp3) is 0.611. The summed E-state index contributed by atoms with van der Waals surface area (Å²) in [5.74, 6) is 0.610. The third kappa shape index (κ3) is 4.62. The van der Waals surface area contributed by atoms with Crippen molar-refractivity contribution >= 4 is 22.9 Å². The van der Waals surface area contributed by atoms with E-state index in [1.165, 1.54) is 0 Å². The molecule has 2 fully saturated rings. The summed E-state index contributed by atoms with van der Waals surface area (Å²) in [5, 5.41) is 0. The summed E-state index contributed by atoms with van der Waals surface area (Å²) in [6.07, 6.45) is 1.13. The maximum atomic E-state index is 13.0. The molecule has 144 valence electrons. The van der Waals surface area contributed by atoms with Gasteiger partial charge in [0.25, 0.3) is 17.2 Å². The smallest absolute Gasteiger partial charge is 0.259 e. The van der Waals surface area contributed by atoms with E-state index in [0.29, 0.717) is 17.2 Å². The first kappa shape index (κ1) is 19.3. The van der Waals surface area contributed by atoms with Crippen LogP contribution >= 0.6 is 0 Å². The number of ether oxygens (including phenoxy) is 1. The Morgan fingerprint density at radius 3 is 2.46 bits per heavy atom. The number of hydrogen-bond acceptors (Lipinski definition) is 4. The molecule has 8 heteroatoms. The molecule has 4 atom stereocenters. The Bertz CT molecular complexity index is 636. The summed E-state index contributed by atoms with van der Waals surface area (Å²) in [7, 11) is 0. The van der Waals surface area contributed by atoms with Crippen LogP contribution in [0.2, 0.25) is 0 Å². The molecule has 3 rings (SSSR count). The fourth-order valence-corrected chi connectivity index (χ4v) is 4.34. The lowest BCUT2D eigenvalue weighted by Crippen LogP contribution is -2.59. The van der Waals surface area contributed by atoms with Crippen LogP contribution in [0.1, 0.15) is 30.6 Å². The minimum absolute atomic E-state index is 0.00511. The van der Waals surface area contributed by atoms with Gasteiger partial charge in [0.05, 0.1) is 6.61 Å². The summed E-state index contributed by atoms with van der Waals surface area (Å²) in [4.78, 5) is 17.4. The molecule has 0 saturated carbocycles. The van der Waals surface area contributed by atoms with Crippen molar-refractivity contribution in [2.24, 2.45) is 5.92 Å². The van der Waals surface area contributed by atoms with Crippen LogP contribution in [-0.4, -0.2) is 69.4 Å². The second-order valence-corrected chi connectivity index (χ2v) is 7.99. The highest BCUT2D eigenvalue weighted by atomic mass is 32.2. The van der Waals surface area contributed by atoms with E-state index in [1.54, 1.807) is 24.3 Å². The number of carbonyl (C=O) groups excluding carboxylic acids is 1. The highest BCUT2D eigenvalue weighted by Crippen LogP contribution is 2.22. The molecule has 1 aromatic carbocycles. The molecule has 2 aliphatic heterocycles. The Hall–Kier alpha value is -1.48. The van der Waals surface area contributed by atoms with Gasteiger partial charge in [0.2, 0.25) is 0 Å². The minimum atomic E-state index is -2.12. The predicted molar refractivity (Wildman–Crippen MR) is 101 cm³/mol. The molecule has 2 saturated heterocycles. The molecular weight excluding hydrogens is 354 g/mol. The van der Waals surface area contributed by atoms with Gasteiger partial charge < -0.3 is 9.64 Å². The minimum Gasteiger partial charge on any atom is -0.381 e. The van der Waals surface area contributed by atoms with Gasteiger partial charge in [-0.25, -0.2) is 4.21 Å². The quantitative estimate of drug-likeness (QED) is 0.760. The van der Waals surface area contributed by atoms with Crippen molar-refractivity contribution in [3.63, 3.8) is 0 Å². The third-order valence-electron chi connectivity index (χ3n) is 5.11. The highest BCUT2D eigenvalue weighted by molar-refractivity contribution is 7.80. The van der Waals surface area contributed by atoms with E-state index in [9.17, 15) is 9.00 Å². The molecule has 0 radical (unpaired) electrons. The van der Waals surface area contributed by atoms with E-state index in [-0.39, 0.29) is 18.0 Å². The van der Waals surface area contributed by atoms with Crippen molar-refractivity contribution in [2.75, 3.05) is 37.6 Å². The number of carbonyl (C=O) groups is 1. The number of anilines is 1. The first-order valence-electron chi connectivity index (χ1n) is 9.04. The van der Waals surface area contributed by atoms with Crippen molar-refractivity contribution < 1.29 is 18.3 Å². The second-order valence-electron chi connectivity index (χ2n) is 7.29. The normalized spacial score (nSPS) is 28.1. The molecule has 26 heavy (non-hydrogen) atoms. The van der Waals surface area contributed by atoms with Gasteiger partial charge >= 0.3 is 0 Å². The lowest BCUT2D eigenvalue weighted by atomic mass is 10.0. The van der Waals surface area contributed by atoms with Gasteiger partial charge in [-0.3, -0.25) is 19.0 Å². The molecular formula is C18H27N3O4S. The Balaban J connectivity index is 1.62. The Kier molecular flexibility index (Phi) is 6.29. The zero-order valence-electron chi connectivity index (χ0n) is 15.3. The Labute approximate surface area is 157 Å². The molecule has 2 N–H and O–H groups in total. The van der Waals surface area contributed by atoms with E-state index in [4.69, 9.17) is 9.29 Å². The van der Waals surface area contributed by atoms with E-state index >= 15 is 0 Å². The van der Waals surface area contributed by atoms with Crippen LogP contribution in [0.25, 0.3) is 0 Å². The van der Waals surface area contributed by atoms with Crippen LogP contribution in [-0.2, 0) is 16.0 Å². The third-order valence-corrected chi connectivity index (χ3v) is 5.52. The molecule has 1 aromatic rings.